The van der Waals surface area contributed by atoms with Gasteiger partial charge in [-0.3, -0.25) is 4.79 Å². The largest absolute Gasteiger partial charge is 0.481 e. The Morgan fingerprint density at radius 1 is 1.50 bits per heavy atom. The van der Waals surface area contributed by atoms with Crippen LogP contribution in [0.1, 0.15) is 24.0 Å². The maximum Gasteiger partial charge on any atom is 0.303 e. The minimum absolute atomic E-state index is 0.199. The van der Waals surface area contributed by atoms with Crippen LogP contribution < -0.4 is 0 Å². The maximum atomic E-state index is 10.3. The number of hydrogen-bond donors (Lipinski definition) is 1. The van der Waals surface area contributed by atoms with Gasteiger partial charge in [-0.25, -0.2) is 0 Å². The molecule has 0 aliphatic rings. The molecule has 0 aliphatic carbocycles. The van der Waals surface area contributed by atoms with Crippen LogP contribution in [0, 0.1) is 6.92 Å². The molecule has 0 saturated carbocycles. The Labute approximate surface area is 88.5 Å². The molecule has 76 valence electrons. The summed E-state index contributed by atoms with van der Waals surface area (Å²) in [7, 11) is 0. The van der Waals surface area contributed by atoms with Crippen molar-refractivity contribution in [1.82, 2.24) is 0 Å². The van der Waals surface area contributed by atoms with Crippen LogP contribution in [0.2, 0.25) is 5.02 Å². The van der Waals surface area contributed by atoms with Crippen LogP contribution in [0.5, 0.6) is 0 Å². The lowest BCUT2D eigenvalue weighted by Crippen LogP contribution is -1.96. The van der Waals surface area contributed by atoms with E-state index in [4.69, 9.17) is 16.7 Å². The van der Waals surface area contributed by atoms with Crippen LogP contribution in [0.25, 0.3) is 0 Å². The lowest BCUT2D eigenvalue weighted by molar-refractivity contribution is -0.137. The van der Waals surface area contributed by atoms with Crippen molar-refractivity contribution in [2.24, 2.45) is 0 Å². The first kappa shape index (κ1) is 11.1. The number of carboxylic acid groups (broad SMARTS) is 1. The molecule has 0 radical (unpaired) electrons. The molecule has 3 heteroatoms. The lowest BCUT2D eigenvalue weighted by Gasteiger charge is -2.04. The van der Waals surface area contributed by atoms with E-state index in [1.54, 1.807) is 0 Å². The molecule has 1 N–H and O–H groups in total. The SMILES string of the molecule is Cc1ccc(Cl)c(CCCC(=O)O)c1. The van der Waals surface area contributed by atoms with Crippen LogP contribution in [-0.4, -0.2) is 11.1 Å². The standard InChI is InChI=1S/C11H13ClO2/c1-8-5-6-10(12)9(7-8)3-2-4-11(13)14/h5-7H,2-4H2,1H3,(H,13,14). The highest BCUT2D eigenvalue weighted by Gasteiger charge is 2.02. The molecular formula is C11H13ClO2. The Morgan fingerprint density at radius 3 is 2.86 bits per heavy atom. The highest BCUT2D eigenvalue weighted by Crippen LogP contribution is 2.19. The first-order valence-corrected chi connectivity index (χ1v) is 4.94. The van der Waals surface area contributed by atoms with Crippen molar-refractivity contribution >= 4 is 17.6 Å². The smallest absolute Gasteiger partial charge is 0.303 e. The monoisotopic (exact) mass is 212 g/mol. The Balaban J connectivity index is 2.57. The summed E-state index contributed by atoms with van der Waals surface area (Å²) < 4.78 is 0. The molecule has 1 rings (SSSR count). The summed E-state index contributed by atoms with van der Waals surface area (Å²) in [6.07, 6.45) is 1.57. The van der Waals surface area contributed by atoms with Crippen molar-refractivity contribution in [2.45, 2.75) is 26.2 Å². The van der Waals surface area contributed by atoms with Crippen molar-refractivity contribution in [3.05, 3.63) is 34.3 Å². The fraction of sp³-hybridized carbons (Fsp3) is 0.364. The predicted molar refractivity (Wildman–Crippen MR) is 56.8 cm³/mol. The topological polar surface area (TPSA) is 37.3 Å². The van der Waals surface area contributed by atoms with Crippen LogP contribution in [-0.2, 0) is 11.2 Å². The number of carboxylic acids is 1. The van der Waals surface area contributed by atoms with Gasteiger partial charge in [-0.15, -0.1) is 0 Å². The van der Waals surface area contributed by atoms with Crippen LogP contribution in [0.3, 0.4) is 0 Å². The minimum atomic E-state index is -0.756. The Bertz CT molecular complexity index is 334. The number of rotatable bonds is 4. The summed E-state index contributed by atoms with van der Waals surface area (Å²) in [6.45, 7) is 2.00. The molecular weight excluding hydrogens is 200 g/mol. The molecule has 0 bridgehead atoms. The zero-order valence-electron chi connectivity index (χ0n) is 8.09. The van der Waals surface area contributed by atoms with Crippen molar-refractivity contribution < 1.29 is 9.90 Å². The molecule has 2 nitrogen and oxygen atoms in total. The number of halogens is 1. The van der Waals surface area contributed by atoms with Crippen LogP contribution in [0.4, 0.5) is 0 Å². The first-order chi connectivity index (χ1) is 6.59. The van der Waals surface area contributed by atoms with Crippen molar-refractivity contribution in [3.8, 4) is 0 Å². The number of hydrogen-bond acceptors (Lipinski definition) is 1. The second-order valence-electron chi connectivity index (χ2n) is 3.34. The normalized spacial score (nSPS) is 10.1. The van der Waals surface area contributed by atoms with Gasteiger partial charge in [0.2, 0.25) is 0 Å². The number of aryl methyl sites for hydroxylation is 2. The van der Waals surface area contributed by atoms with Gasteiger partial charge in [0.25, 0.3) is 0 Å². The minimum Gasteiger partial charge on any atom is -0.481 e. The average Bonchev–Trinajstić information content (AvgIpc) is 2.10. The number of benzene rings is 1. The molecule has 0 aliphatic heterocycles. The van der Waals surface area contributed by atoms with Gasteiger partial charge in [-0.2, -0.15) is 0 Å². The summed E-state index contributed by atoms with van der Waals surface area (Å²) in [6, 6.07) is 5.81. The molecule has 0 fully saturated rings. The summed E-state index contributed by atoms with van der Waals surface area (Å²) in [5.74, 6) is -0.756. The van der Waals surface area contributed by atoms with Gasteiger partial charge in [0, 0.05) is 11.4 Å². The zero-order chi connectivity index (χ0) is 10.6. The van der Waals surface area contributed by atoms with E-state index < -0.39 is 5.97 Å². The van der Waals surface area contributed by atoms with Gasteiger partial charge >= 0.3 is 5.97 Å². The fourth-order valence-corrected chi connectivity index (χ4v) is 1.54. The first-order valence-electron chi connectivity index (χ1n) is 4.56. The quantitative estimate of drug-likeness (QED) is 0.833. The summed E-state index contributed by atoms with van der Waals surface area (Å²) in [5.41, 5.74) is 2.19. The number of aliphatic carboxylic acids is 1. The zero-order valence-corrected chi connectivity index (χ0v) is 8.84. The highest BCUT2D eigenvalue weighted by atomic mass is 35.5. The van der Waals surface area contributed by atoms with Crippen molar-refractivity contribution in [3.63, 3.8) is 0 Å². The predicted octanol–water partition coefficient (Wildman–Crippen LogP) is 3.06. The Hall–Kier alpha value is -1.02. The molecule has 0 atom stereocenters. The van der Waals surface area contributed by atoms with E-state index in [0.29, 0.717) is 6.42 Å². The van der Waals surface area contributed by atoms with E-state index in [1.165, 1.54) is 0 Å². The second-order valence-corrected chi connectivity index (χ2v) is 3.75. The van der Waals surface area contributed by atoms with Crippen molar-refractivity contribution in [2.75, 3.05) is 0 Å². The van der Waals surface area contributed by atoms with Gasteiger partial charge in [0.15, 0.2) is 0 Å². The van der Waals surface area contributed by atoms with Crippen LogP contribution in [0.15, 0.2) is 18.2 Å². The molecule has 14 heavy (non-hydrogen) atoms. The molecule has 0 saturated heterocycles. The highest BCUT2D eigenvalue weighted by molar-refractivity contribution is 6.31. The second kappa shape index (κ2) is 5.01. The third kappa shape index (κ3) is 3.38. The van der Waals surface area contributed by atoms with E-state index in [1.807, 2.05) is 25.1 Å². The molecule has 0 amide bonds. The molecule has 0 aromatic heterocycles. The Morgan fingerprint density at radius 2 is 2.21 bits per heavy atom. The van der Waals surface area contributed by atoms with Gasteiger partial charge in [0.05, 0.1) is 0 Å². The van der Waals surface area contributed by atoms with Gasteiger partial charge < -0.3 is 5.11 Å². The molecule has 1 aromatic rings. The molecule has 1 aromatic carbocycles. The van der Waals surface area contributed by atoms with Gasteiger partial charge in [-0.05, 0) is 31.4 Å². The summed E-state index contributed by atoms with van der Waals surface area (Å²) in [5, 5.41) is 9.21. The third-order valence-electron chi connectivity index (χ3n) is 2.04. The maximum absolute atomic E-state index is 10.3. The molecule has 0 spiro atoms. The summed E-state index contributed by atoms with van der Waals surface area (Å²) >= 11 is 5.96. The van der Waals surface area contributed by atoms with Gasteiger partial charge in [0.1, 0.15) is 0 Å². The summed E-state index contributed by atoms with van der Waals surface area (Å²) in [4.78, 5) is 10.3. The fourth-order valence-electron chi connectivity index (χ4n) is 1.33. The number of carbonyl (C=O) groups is 1. The van der Waals surface area contributed by atoms with Crippen LogP contribution >= 0.6 is 11.6 Å². The lowest BCUT2D eigenvalue weighted by atomic mass is 10.1. The van der Waals surface area contributed by atoms with Crippen molar-refractivity contribution in [1.29, 1.82) is 0 Å². The third-order valence-corrected chi connectivity index (χ3v) is 2.41. The van der Waals surface area contributed by atoms with E-state index >= 15 is 0 Å². The van der Waals surface area contributed by atoms with E-state index in [0.717, 1.165) is 22.6 Å². The molecule has 0 heterocycles. The van der Waals surface area contributed by atoms with E-state index in [-0.39, 0.29) is 6.42 Å². The van der Waals surface area contributed by atoms with E-state index in [2.05, 4.69) is 0 Å². The molecule has 0 unspecified atom stereocenters. The van der Waals surface area contributed by atoms with E-state index in [9.17, 15) is 4.79 Å². The Kier molecular flexibility index (Phi) is 3.96. The van der Waals surface area contributed by atoms with Gasteiger partial charge in [-0.1, -0.05) is 29.3 Å². The average molecular weight is 213 g/mol.